The highest BCUT2D eigenvalue weighted by molar-refractivity contribution is 6.34. The third-order valence-electron chi connectivity index (χ3n) is 3.93. The summed E-state index contributed by atoms with van der Waals surface area (Å²) < 4.78 is 0. The molecular weight excluding hydrogens is 300 g/mol. The first-order chi connectivity index (χ1) is 10.7. The van der Waals surface area contributed by atoms with Gasteiger partial charge in [0.25, 0.3) is 0 Å². The van der Waals surface area contributed by atoms with E-state index in [4.69, 9.17) is 16.4 Å². The van der Waals surface area contributed by atoms with Gasteiger partial charge in [0.15, 0.2) is 6.10 Å². The molecule has 116 valence electrons. The molecule has 1 heterocycles. The molecule has 0 unspecified atom stereocenters. The van der Waals surface area contributed by atoms with Gasteiger partial charge in [-0.3, -0.25) is 4.79 Å². The number of halogens is 1. The summed E-state index contributed by atoms with van der Waals surface area (Å²) in [6, 6.07) is 7.59. The van der Waals surface area contributed by atoms with Crippen molar-refractivity contribution < 1.29 is 9.63 Å². The van der Waals surface area contributed by atoms with Gasteiger partial charge in [-0.2, -0.15) is 0 Å². The molecule has 4 nitrogen and oxygen atoms in total. The van der Waals surface area contributed by atoms with E-state index in [1.807, 2.05) is 29.2 Å². The summed E-state index contributed by atoms with van der Waals surface area (Å²) in [6.07, 6.45) is 4.30. The highest BCUT2D eigenvalue weighted by Crippen LogP contribution is 2.31. The second-order valence-corrected chi connectivity index (χ2v) is 6.16. The average molecular weight is 319 g/mol. The van der Waals surface area contributed by atoms with Crippen molar-refractivity contribution >= 4 is 23.2 Å². The summed E-state index contributed by atoms with van der Waals surface area (Å²) in [5.74, 6) is 0.403. The Kier molecular flexibility index (Phi) is 4.48. The van der Waals surface area contributed by atoms with E-state index in [-0.39, 0.29) is 17.9 Å². The average Bonchev–Trinajstić information content (AvgIpc) is 3.27. The normalized spacial score (nSPS) is 20.2. The second kappa shape index (κ2) is 6.53. The van der Waals surface area contributed by atoms with Crippen molar-refractivity contribution in [2.45, 2.75) is 25.4 Å². The third-order valence-corrected chi connectivity index (χ3v) is 4.26. The Labute approximate surface area is 135 Å². The molecule has 3 rings (SSSR count). The van der Waals surface area contributed by atoms with Crippen LogP contribution in [0.4, 0.5) is 0 Å². The van der Waals surface area contributed by atoms with Crippen molar-refractivity contribution in [3.63, 3.8) is 0 Å². The number of benzene rings is 1. The molecule has 0 bridgehead atoms. The number of hydrogen-bond donors (Lipinski definition) is 0. The van der Waals surface area contributed by atoms with Crippen LogP contribution in [0.15, 0.2) is 42.1 Å². The summed E-state index contributed by atoms with van der Waals surface area (Å²) in [4.78, 5) is 19.6. The molecule has 1 fully saturated rings. The second-order valence-electron chi connectivity index (χ2n) is 5.76. The molecule has 1 atom stereocenters. The van der Waals surface area contributed by atoms with Crippen LogP contribution in [-0.2, 0) is 9.63 Å². The van der Waals surface area contributed by atoms with Crippen molar-refractivity contribution in [3.05, 3.63) is 47.5 Å². The first-order valence-corrected chi connectivity index (χ1v) is 7.94. The van der Waals surface area contributed by atoms with Crippen molar-refractivity contribution in [3.8, 4) is 0 Å². The summed E-state index contributed by atoms with van der Waals surface area (Å²) in [5, 5.41) is 4.82. The van der Waals surface area contributed by atoms with Crippen LogP contribution in [0.25, 0.3) is 0 Å². The molecule has 1 aromatic rings. The Morgan fingerprint density at radius 1 is 1.45 bits per heavy atom. The molecule has 1 saturated carbocycles. The zero-order chi connectivity index (χ0) is 15.5. The number of carbonyl (C=O) groups excluding carboxylic acids is 1. The van der Waals surface area contributed by atoms with Crippen LogP contribution in [0, 0.1) is 5.92 Å². The highest BCUT2D eigenvalue weighted by atomic mass is 35.5. The van der Waals surface area contributed by atoms with Crippen LogP contribution >= 0.6 is 11.6 Å². The zero-order valence-corrected chi connectivity index (χ0v) is 13.1. The van der Waals surface area contributed by atoms with E-state index in [1.165, 1.54) is 0 Å². The molecule has 0 saturated heterocycles. The zero-order valence-electron chi connectivity index (χ0n) is 12.4. The topological polar surface area (TPSA) is 41.9 Å². The predicted octanol–water partition coefficient (Wildman–Crippen LogP) is 3.26. The lowest BCUT2D eigenvalue weighted by atomic mass is 10.0. The number of carbonyl (C=O) groups is 1. The Bertz CT molecular complexity index is 610. The summed E-state index contributed by atoms with van der Waals surface area (Å²) in [5.41, 5.74) is 1.74. The fourth-order valence-electron chi connectivity index (χ4n) is 2.63. The monoisotopic (exact) mass is 318 g/mol. The number of amides is 1. The van der Waals surface area contributed by atoms with E-state index in [2.05, 4.69) is 11.7 Å². The summed E-state index contributed by atoms with van der Waals surface area (Å²) in [6.45, 7) is 4.82. The van der Waals surface area contributed by atoms with Gasteiger partial charge in [0.1, 0.15) is 0 Å². The van der Waals surface area contributed by atoms with Gasteiger partial charge < -0.3 is 9.74 Å². The fraction of sp³-hybridized carbons (Fsp3) is 0.412. The number of oxime groups is 1. The van der Waals surface area contributed by atoms with Crippen LogP contribution in [0.2, 0.25) is 5.02 Å². The molecule has 1 aromatic carbocycles. The minimum atomic E-state index is -0.117. The first kappa shape index (κ1) is 15.1. The van der Waals surface area contributed by atoms with Gasteiger partial charge in [0, 0.05) is 29.5 Å². The minimum Gasteiger partial charge on any atom is -0.390 e. The van der Waals surface area contributed by atoms with Crippen LogP contribution in [-0.4, -0.2) is 35.7 Å². The van der Waals surface area contributed by atoms with Gasteiger partial charge in [-0.15, -0.1) is 6.58 Å². The van der Waals surface area contributed by atoms with Gasteiger partial charge in [-0.05, 0) is 18.9 Å². The smallest absolute Gasteiger partial charge is 0.226 e. The van der Waals surface area contributed by atoms with Crippen LogP contribution in [0.1, 0.15) is 24.8 Å². The van der Waals surface area contributed by atoms with E-state index >= 15 is 0 Å². The van der Waals surface area contributed by atoms with E-state index in [1.54, 1.807) is 6.08 Å². The fourth-order valence-corrected chi connectivity index (χ4v) is 2.87. The largest absolute Gasteiger partial charge is 0.390 e. The van der Waals surface area contributed by atoms with E-state index in [9.17, 15) is 4.79 Å². The standard InChI is InChI=1S/C17H19ClN2O2/c1-2-9-20(17(21)12-7-8-12)11-13-10-16(19-22-13)14-5-3-4-6-15(14)18/h2-6,12-13H,1,7-11H2/t13-/m0/s1. The van der Waals surface area contributed by atoms with Gasteiger partial charge in [0.05, 0.1) is 12.3 Å². The quantitative estimate of drug-likeness (QED) is 0.755. The lowest BCUT2D eigenvalue weighted by Crippen LogP contribution is -2.38. The molecule has 0 radical (unpaired) electrons. The van der Waals surface area contributed by atoms with Crippen molar-refractivity contribution in [2.24, 2.45) is 11.1 Å². The minimum absolute atomic E-state index is 0.117. The van der Waals surface area contributed by atoms with E-state index < -0.39 is 0 Å². The Morgan fingerprint density at radius 3 is 2.91 bits per heavy atom. The van der Waals surface area contributed by atoms with Gasteiger partial charge >= 0.3 is 0 Å². The first-order valence-electron chi connectivity index (χ1n) is 7.56. The number of nitrogens with zero attached hydrogens (tertiary/aromatic N) is 2. The molecule has 0 N–H and O–H groups in total. The van der Waals surface area contributed by atoms with Gasteiger partial charge in [-0.25, -0.2) is 0 Å². The van der Waals surface area contributed by atoms with Crippen molar-refractivity contribution in [1.29, 1.82) is 0 Å². The summed E-state index contributed by atoms with van der Waals surface area (Å²) in [7, 11) is 0. The van der Waals surface area contributed by atoms with Crippen molar-refractivity contribution in [1.82, 2.24) is 4.90 Å². The molecule has 0 spiro atoms. The molecule has 5 heteroatoms. The van der Waals surface area contributed by atoms with Gasteiger partial charge in [-0.1, -0.05) is 41.0 Å². The lowest BCUT2D eigenvalue weighted by Gasteiger charge is -2.23. The molecule has 1 amide bonds. The maximum atomic E-state index is 12.3. The van der Waals surface area contributed by atoms with Crippen molar-refractivity contribution in [2.75, 3.05) is 13.1 Å². The maximum Gasteiger partial charge on any atom is 0.226 e. The van der Waals surface area contributed by atoms with Crippen LogP contribution in [0.5, 0.6) is 0 Å². The van der Waals surface area contributed by atoms with Crippen LogP contribution < -0.4 is 0 Å². The third kappa shape index (κ3) is 3.33. The molecule has 2 aliphatic rings. The van der Waals surface area contributed by atoms with E-state index in [0.717, 1.165) is 24.1 Å². The van der Waals surface area contributed by atoms with Crippen LogP contribution in [0.3, 0.4) is 0 Å². The Hall–Kier alpha value is -1.81. The molecule has 0 aromatic heterocycles. The SMILES string of the molecule is C=CCN(C[C@@H]1CC(c2ccccc2Cl)=NO1)C(=O)C1CC1. The lowest BCUT2D eigenvalue weighted by molar-refractivity contribution is -0.133. The Balaban J connectivity index is 1.62. The highest BCUT2D eigenvalue weighted by Gasteiger charge is 2.35. The Morgan fingerprint density at radius 2 is 2.23 bits per heavy atom. The van der Waals surface area contributed by atoms with E-state index in [0.29, 0.717) is 24.5 Å². The maximum absolute atomic E-state index is 12.3. The molecule has 1 aliphatic carbocycles. The molecule has 1 aliphatic heterocycles. The molecule has 22 heavy (non-hydrogen) atoms. The number of rotatable bonds is 6. The predicted molar refractivity (Wildman–Crippen MR) is 87.0 cm³/mol. The number of hydrogen-bond acceptors (Lipinski definition) is 3. The summed E-state index contributed by atoms with van der Waals surface area (Å²) >= 11 is 6.19. The van der Waals surface area contributed by atoms with Gasteiger partial charge in [0.2, 0.25) is 5.91 Å². The molecular formula is C17H19ClN2O2.